The molecule has 6 heteroatoms. The molecule has 0 aliphatic rings. The van der Waals surface area contributed by atoms with Crippen LogP contribution < -0.4 is 10.6 Å². The van der Waals surface area contributed by atoms with Gasteiger partial charge < -0.3 is 15.7 Å². The fourth-order valence-electron chi connectivity index (χ4n) is 2.68. The highest BCUT2D eigenvalue weighted by Crippen LogP contribution is 2.20. The van der Waals surface area contributed by atoms with E-state index in [1.54, 1.807) is 19.1 Å². The van der Waals surface area contributed by atoms with Gasteiger partial charge in [0.25, 0.3) is 0 Å². The van der Waals surface area contributed by atoms with Gasteiger partial charge in [-0.3, -0.25) is 9.59 Å². The lowest BCUT2D eigenvalue weighted by molar-refractivity contribution is -0.139. The second kappa shape index (κ2) is 9.36. The van der Waals surface area contributed by atoms with Crippen molar-refractivity contribution in [2.75, 3.05) is 5.32 Å². The highest BCUT2D eigenvalue weighted by Gasteiger charge is 2.21. The van der Waals surface area contributed by atoms with E-state index in [1.807, 2.05) is 43.3 Å². The number of carboxylic acids is 1. The summed E-state index contributed by atoms with van der Waals surface area (Å²) in [5, 5.41) is 15.8. The van der Waals surface area contributed by atoms with Gasteiger partial charge in [0, 0.05) is 23.2 Å². The minimum absolute atomic E-state index is 0.157. The summed E-state index contributed by atoms with van der Waals surface area (Å²) in [5.41, 5.74) is 2.50. The number of hydrogen-bond donors (Lipinski definition) is 3. The van der Waals surface area contributed by atoms with E-state index in [2.05, 4.69) is 10.6 Å². The molecule has 0 spiro atoms. The predicted octanol–water partition coefficient (Wildman–Crippen LogP) is 3.65. The van der Waals surface area contributed by atoms with E-state index in [-0.39, 0.29) is 18.4 Å². The minimum Gasteiger partial charge on any atom is -0.480 e. The van der Waals surface area contributed by atoms with Crippen molar-refractivity contribution >= 4 is 29.2 Å². The van der Waals surface area contributed by atoms with Crippen LogP contribution in [0.5, 0.6) is 0 Å². The maximum atomic E-state index is 12.3. The van der Waals surface area contributed by atoms with E-state index in [9.17, 15) is 14.7 Å². The minimum atomic E-state index is -0.938. The van der Waals surface area contributed by atoms with Gasteiger partial charge in [-0.05, 0) is 43.5 Å². The second-order valence-corrected chi connectivity index (χ2v) is 6.80. The highest BCUT2D eigenvalue weighted by molar-refractivity contribution is 6.31. The Morgan fingerprint density at radius 2 is 1.85 bits per heavy atom. The van der Waals surface area contributed by atoms with Crippen LogP contribution in [0.4, 0.5) is 5.69 Å². The summed E-state index contributed by atoms with van der Waals surface area (Å²) in [6.07, 6.45) is 0.514. The third-order valence-electron chi connectivity index (χ3n) is 4.03. The van der Waals surface area contributed by atoms with Gasteiger partial charge in [0.2, 0.25) is 5.91 Å². The van der Waals surface area contributed by atoms with Crippen molar-refractivity contribution in [2.45, 2.75) is 38.8 Å². The van der Waals surface area contributed by atoms with Crippen LogP contribution in [0, 0.1) is 6.92 Å². The maximum absolute atomic E-state index is 12.3. The fraction of sp³-hybridized carbons (Fsp3) is 0.300. The molecule has 2 aromatic carbocycles. The molecule has 2 aromatic rings. The first-order chi connectivity index (χ1) is 12.3. The number of amides is 1. The summed E-state index contributed by atoms with van der Waals surface area (Å²) in [6, 6.07) is 13.6. The van der Waals surface area contributed by atoms with Gasteiger partial charge in [-0.15, -0.1) is 0 Å². The molecule has 2 rings (SSSR count). The number of carbonyl (C=O) groups excluding carboxylic acids is 1. The van der Waals surface area contributed by atoms with Gasteiger partial charge in [-0.1, -0.05) is 48.0 Å². The zero-order valence-electron chi connectivity index (χ0n) is 14.8. The first kappa shape index (κ1) is 19.9. The largest absolute Gasteiger partial charge is 0.480 e. The van der Waals surface area contributed by atoms with Crippen LogP contribution in [0.1, 0.15) is 24.5 Å². The highest BCUT2D eigenvalue weighted by atomic mass is 35.5. The summed E-state index contributed by atoms with van der Waals surface area (Å²) < 4.78 is 0. The molecule has 3 N–H and O–H groups in total. The van der Waals surface area contributed by atoms with E-state index in [1.165, 1.54) is 0 Å². The summed E-state index contributed by atoms with van der Waals surface area (Å²) >= 11 is 5.96. The number of aryl methyl sites for hydroxylation is 1. The van der Waals surface area contributed by atoms with Gasteiger partial charge >= 0.3 is 5.97 Å². The number of carbonyl (C=O) groups is 2. The fourth-order valence-corrected chi connectivity index (χ4v) is 2.85. The average molecular weight is 375 g/mol. The van der Waals surface area contributed by atoms with E-state index in [0.717, 1.165) is 11.1 Å². The molecule has 0 heterocycles. The van der Waals surface area contributed by atoms with Crippen LogP contribution in [0.25, 0.3) is 0 Å². The molecule has 0 saturated heterocycles. The number of hydrogen-bond acceptors (Lipinski definition) is 3. The molecule has 1 unspecified atom stereocenters. The van der Waals surface area contributed by atoms with Crippen molar-refractivity contribution in [3.8, 4) is 0 Å². The third kappa shape index (κ3) is 6.17. The Hall–Kier alpha value is -2.37. The average Bonchev–Trinajstić information content (AvgIpc) is 2.58. The van der Waals surface area contributed by atoms with Crippen molar-refractivity contribution in [3.63, 3.8) is 0 Å². The first-order valence-electron chi connectivity index (χ1n) is 8.44. The Bertz CT molecular complexity index is 765. The van der Waals surface area contributed by atoms with Crippen molar-refractivity contribution in [3.05, 3.63) is 64.7 Å². The molecule has 0 aliphatic heterocycles. The summed E-state index contributed by atoms with van der Waals surface area (Å²) in [7, 11) is 0. The molecule has 2 atom stereocenters. The van der Waals surface area contributed by atoms with Crippen LogP contribution >= 0.6 is 11.6 Å². The van der Waals surface area contributed by atoms with Gasteiger partial charge in [0.15, 0.2) is 0 Å². The van der Waals surface area contributed by atoms with Gasteiger partial charge in [0.1, 0.15) is 6.04 Å². The second-order valence-electron chi connectivity index (χ2n) is 6.36. The van der Waals surface area contributed by atoms with Crippen molar-refractivity contribution in [2.24, 2.45) is 0 Å². The van der Waals surface area contributed by atoms with Gasteiger partial charge in [0.05, 0.1) is 0 Å². The molecule has 0 radical (unpaired) electrons. The summed E-state index contributed by atoms with van der Waals surface area (Å²) in [6.45, 7) is 3.68. The molecule has 138 valence electrons. The van der Waals surface area contributed by atoms with Crippen LogP contribution in [0.2, 0.25) is 5.02 Å². The van der Waals surface area contributed by atoms with Crippen molar-refractivity contribution < 1.29 is 14.7 Å². The lowest BCUT2D eigenvalue weighted by Crippen LogP contribution is -2.44. The van der Waals surface area contributed by atoms with Crippen molar-refractivity contribution in [1.82, 2.24) is 5.32 Å². The predicted molar refractivity (Wildman–Crippen MR) is 104 cm³/mol. The zero-order valence-corrected chi connectivity index (χ0v) is 15.6. The molecular formula is C20H23ClN2O3. The standard InChI is InChI=1S/C20H23ClN2O3/c1-13-8-9-16(21)12-17(13)23-19(24)10-14(2)22-18(20(25)26)11-15-6-4-3-5-7-15/h3-9,12,14,18,22H,10-11H2,1-2H3,(H,23,24)(H,25,26)/t14?,18-/m1/s1. The number of nitrogens with one attached hydrogen (secondary N) is 2. The van der Waals surface area contributed by atoms with Crippen LogP contribution in [0.3, 0.4) is 0 Å². The molecular weight excluding hydrogens is 352 g/mol. The number of anilines is 1. The van der Waals surface area contributed by atoms with E-state index < -0.39 is 12.0 Å². The number of halogens is 1. The molecule has 5 nitrogen and oxygen atoms in total. The van der Waals surface area contributed by atoms with E-state index in [4.69, 9.17) is 11.6 Å². The van der Waals surface area contributed by atoms with Crippen LogP contribution in [0.15, 0.2) is 48.5 Å². The SMILES string of the molecule is Cc1ccc(Cl)cc1NC(=O)CC(C)N[C@H](Cc1ccccc1)C(=O)O. The summed E-state index contributed by atoms with van der Waals surface area (Å²) in [5.74, 6) is -1.13. The quantitative estimate of drug-likeness (QED) is 0.659. The molecule has 0 bridgehead atoms. The molecule has 1 amide bonds. The Balaban J connectivity index is 1.92. The number of aliphatic carboxylic acids is 1. The first-order valence-corrected chi connectivity index (χ1v) is 8.81. The molecule has 26 heavy (non-hydrogen) atoms. The molecule has 0 aromatic heterocycles. The Labute approximate surface area is 158 Å². The van der Waals surface area contributed by atoms with Crippen LogP contribution in [-0.2, 0) is 16.0 Å². The van der Waals surface area contributed by atoms with Crippen LogP contribution in [-0.4, -0.2) is 29.1 Å². The Morgan fingerprint density at radius 3 is 2.50 bits per heavy atom. The molecule has 0 aliphatic carbocycles. The lowest BCUT2D eigenvalue weighted by atomic mass is 10.0. The Morgan fingerprint density at radius 1 is 1.15 bits per heavy atom. The van der Waals surface area contributed by atoms with E-state index >= 15 is 0 Å². The van der Waals surface area contributed by atoms with E-state index in [0.29, 0.717) is 17.1 Å². The third-order valence-corrected chi connectivity index (χ3v) is 4.27. The maximum Gasteiger partial charge on any atom is 0.321 e. The lowest BCUT2D eigenvalue weighted by Gasteiger charge is -2.20. The smallest absolute Gasteiger partial charge is 0.321 e. The monoisotopic (exact) mass is 374 g/mol. The number of rotatable bonds is 8. The number of carboxylic acid groups (broad SMARTS) is 1. The van der Waals surface area contributed by atoms with Gasteiger partial charge in [-0.2, -0.15) is 0 Å². The topological polar surface area (TPSA) is 78.4 Å². The number of benzene rings is 2. The molecule has 0 fully saturated rings. The zero-order chi connectivity index (χ0) is 19.1. The normalized spacial score (nSPS) is 13.0. The Kier molecular flexibility index (Phi) is 7.18. The van der Waals surface area contributed by atoms with Crippen molar-refractivity contribution in [1.29, 1.82) is 0 Å². The molecule has 0 saturated carbocycles. The van der Waals surface area contributed by atoms with Gasteiger partial charge in [-0.25, -0.2) is 0 Å². The summed E-state index contributed by atoms with van der Waals surface area (Å²) in [4.78, 5) is 23.8.